The van der Waals surface area contributed by atoms with Gasteiger partial charge in [-0.25, -0.2) is 0 Å². The molecule has 4 rings (SSSR count). The number of benzene rings is 4. The number of halogens is 1. The van der Waals surface area contributed by atoms with E-state index in [1.165, 1.54) is 0 Å². The van der Waals surface area contributed by atoms with E-state index in [-0.39, 0.29) is 30.7 Å². The predicted octanol–water partition coefficient (Wildman–Crippen LogP) is 7.43. The van der Waals surface area contributed by atoms with Gasteiger partial charge < -0.3 is 19.9 Å². The van der Waals surface area contributed by atoms with Crippen molar-refractivity contribution in [2.24, 2.45) is 0 Å². The molecule has 0 aliphatic heterocycles. The Labute approximate surface area is 239 Å². The second-order valence-electron chi connectivity index (χ2n) is 9.71. The number of hydrogen-bond acceptors (Lipinski definition) is 4. The van der Waals surface area contributed by atoms with Gasteiger partial charge in [0.25, 0.3) is 5.91 Å². The molecule has 0 saturated carbocycles. The number of carboxylic acids is 1. The van der Waals surface area contributed by atoms with E-state index >= 15 is 0 Å². The van der Waals surface area contributed by atoms with Crippen LogP contribution in [-0.2, 0) is 4.79 Å². The van der Waals surface area contributed by atoms with Crippen molar-refractivity contribution in [3.63, 3.8) is 0 Å². The van der Waals surface area contributed by atoms with E-state index in [1.54, 1.807) is 14.2 Å². The molecular weight excluding hydrogens is 526 g/mol. The van der Waals surface area contributed by atoms with E-state index < -0.39 is 5.97 Å². The minimum Gasteiger partial charge on any atom is -0.497 e. The van der Waals surface area contributed by atoms with Gasteiger partial charge in [-0.05, 0) is 82.9 Å². The lowest BCUT2D eigenvalue weighted by Gasteiger charge is -2.30. The van der Waals surface area contributed by atoms with Gasteiger partial charge in [-0.1, -0.05) is 55.3 Å². The van der Waals surface area contributed by atoms with Crippen LogP contribution in [0.25, 0.3) is 10.8 Å². The summed E-state index contributed by atoms with van der Waals surface area (Å²) in [6, 6.07) is 25.8. The van der Waals surface area contributed by atoms with E-state index in [9.17, 15) is 9.59 Å². The monoisotopic (exact) mass is 559 g/mol. The third-order valence-corrected chi connectivity index (χ3v) is 7.48. The summed E-state index contributed by atoms with van der Waals surface area (Å²) in [5.41, 5.74) is 3.88. The van der Waals surface area contributed by atoms with Crippen LogP contribution in [-0.4, -0.2) is 37.7 Å². The van der Waals surface area contributed by atoms with Crippen molar-refractivity contribution in [3.8, 4) is 11.5 Å². The number of fused-ring (bicyclic) bond motifs is 1. The van der Waals surface area contributed by atoms with Crippen LogP contribution in [0.2, 0.25) is 5.02 Å². The lowest BCUT2D eigenvalue weighted by molar-refractivity contribution is -0.136. The smallest absolute Gasteiger partial charge is 0.305 e. The molecule has 0 spiro atoms. The average Bonchev–Trinajstić information content (AvgIpc) is 2.97. The first-order chi connectivity index (χ1) is 19.4. The summed E-state index contributed by atoms with van der Waals surface area (Å²) >= 11 is 6.29. The SMILES string of the molecule is CCCC(c1ccc(C(=O)NCCC(=O)O)cc1)C(c1ccc(Cl)cc1)c1ccc(OC)c2ccc(OC)cc12. The normalized spacial score (nSPS) is 12.5. The van der Waals surface area contributed by atoms with Crippen LogP contribution in [0.1, 0.15) is 65.1 Å². The molecule has 0 aliphatic carbocycles. The quantitative estimate of drug-likeness (QED) is 0.188. The third-order valence-electron chi connectivity index (χ3n) is 7.23. The Balaban J connectivity index is 1.82. The van der Waals surface area contributed by atoms with Gasteiger partial charge in [0.2, 0.25) is 0 Å². The Morgan fingerprint density at radius 3 is 2.20 bits per heavy atom. The molecule has 2 atom stereocenters. The van der Waals surface area contributed by atoms with Gasteiger partial charge in [0.1, 0.15) is 11.5 Å². The molecule has 0 heterocycles. The number of methoxy groups -OCH3 is 2. The van der Waals surface area contributed by atoms with Gasteiger partial charge in [0.15, 0.2) is 0 Å². The van der Waals surface area contributed by atoms with Crippen molar-refractivity contribution in [2.45, 2.75) is 38.0 Å². The molecule has 2 N–H and O–H groups in total. The number of ether oxygens (including phenoxy) is 2. The van der Waals surface area contributed by atoms with Crippen molar-refractivity contribution in [3.05, 3.63) is 106 Å². The molecule has 0 fully saturated rings. The molecule has 0 radical (unpaired) electrons. The van der Waals surface area contributed by atoms with Crippen LogP contribution in [0, 0.1) is 0 Å². The Morgan fingerprint density at radius 2 is 1.57 bits per heavy atom. The summed E-state index contributed by atoms with van der Waals surface area (Å²) in [5, 5.41) is 14.2. The number of rotatable bonds is 12. The van der Waals surface area contributed by atoms with Gasteiger partial charge in [0.05, 0.1) is 20.6 Å². The number of aliphatic carboxylic acids is 1. The molecule has 208 valence electrons. The number of carbonyl (C=O) groups is 2. The summed E-state index contributed by atoms with van der Waals surface area (Å²) < 4.78 is 11.3. The fourth-order valence-electron chi connectivity index (χ4n) is 5.30. The van der Waals surface area contributed by atoms with Crippen LogP contribution in [0.4, 0.5) is 0 Å². The molecule has 40 heavy (non-hydrogen) atoms. The molecule has 0 bridgehead atoms. The Bertz CT molecular complexity index is 1470. The van der Waals surface area contributed by atoms with Crippen LogP contribution in [0.5, 0.6) is 11.5 Å². The minimum atomic E-state index is -0.949. The molecular formula is C33H34ClNO5. The zero-order chi connectivity index (χ0) is 28.6. The first-order valence-electron chi connectivity index (χ1n) is 13.4. The van der Waals surface area contributed by atoms with Crippen LogP contribution in [0.15, 0.2) is 78.9 Å². The topological polar surface area (TPSA) is 84.9 Å². The van der Waals surface area contributed by atoms with Crippen molar-refractivity contribution in [1.82, 2.24) is 5.32 Å². The van der Waals surface area contributed by atoms with E-state index in [0.717, 1.165) is 51.8 Å². The van der Waals surface area contributed by atoms with E-state index in [2.05, 4.69) is 36.5 Å². The first-order valence-corrected chi connectivity index (χ1v) is 13.7. The zero-order valence-electron chi connectivity index (χ0n) is 22.9. The summed E-state index contributed by atoms with van der Waals surface area (Å²) in [4.78, 5) is 23.4. The highest BCUT2D eigenvalue weighted by Gasteiger charge is 2.28. The Kier molecular flexibility index (Phi) is 9.67. The number of carboxylic acid groups (broad SMARTS) is 1. The van der Waals surface area contributed by atoms with Gasteiger partial charge >= 0.3 is 5.97 Å². The standard InChI is InChI=1S/C33H34ClNO5/c1-4-5-26(21-6-8-23(9-7-21)33(38)35-19-18-31(36)37)32(22-10-12-24(34)13-11-22)28-16-17-30(40-3)27-15-14-25(39-2)20-29(27)28/h6-17,20,26,32H,4-5,18-19H2,1-3H3,(H,35,38)(H,36,37). The molecule has 1 amide bonds. The Morgan fingerprint density at radius 1 is 0.875 bits per heavy atom. The van der Waals surface area contributed by atoms with E-state index in [0.29, 0.717) is 10.6 Å². The first kappa shape index (κ1) is 29.0. The fraction of sp³-hybridized carbons (Fsp3) is 0.273. The van der Waals surface area contributed by atoms with E-state index in [1.807, 2.05) is 54.6 Å². The van der Waals surface area contributed by atoms with E-state index in [4.69, 9.17) is 26.2 Å². The van der Waals surface area contributed by atoms with Crippen molar-refractivity contribution < 1.29 is 24.2 Å². The van der Waals surface area contributed by atoms with Gasteiger partial charge in [-0.2, -0.15) is 0 Å². The maximum atomic E-state index is 12.6. The van der Waals surface area contributed by atoms with Gasteiger partial charge in [-0.15, -0.1) is 0 Å². The highest BCUT2D eigenvalue weighted by Crippen LogP contribution is 2.46. The molecule has 2 unspecified atom stereocenters. The number of amides is 1. The highest BCUT2D eigenvalue weighted by molar-refractivity contribution is 6.30. The van der Waals surface area contributed by atoms with Crippen molar-refractivity contribution >= 4 is 34.2 Å². The number of carbonyl (C=O) groups excluding carboxylic acids is 1. The molecule has 0 aliphatic rings. The van der Waals surface area contributed by atoms with Gasteiger partial charge in [0, 0.05) is 28.4 Å². The lowest BCUT2D eigenvalue weighted by Crippen LogP contribution is -2.26. The number of hydrogen-bond donors (Lipinski definition) is 2. The maximum absolute atomic E-state index is 12.6. The maximum Gasteiger partial charge on any atom is 0.305 e. The molecule has 4 aromatic carbocycles. The van der Waals surface area contributed by atoms with Crippen molar-refractivity contribution in [1.29, 1.82) is 0 Å². The summed E-state index contributed by atoms with van der Waals surface area (Å²) in [6.07, 6.45) is 1.75. The largest absolute Gasteiger partial charge is 0.497 e. The second-order valence-corrected chi connectivity index (χ2v) is 10.2. The molecule has 0 saturated heterocycles. The third kappa shape index (κ3) is 6.57. The lowest BCUT2D eigenvalue weighted by atomic mass is 9.74. The summed E-state index contributed by atoms with van der Waals surface area (Å²) in [5.74, 6) is 0.395. The minimum absolute atomic E-state index is 0.0204. The highest BCUT2D eigenvalue weighted by atomic mass is 35.5. The average molecular weight is 560 g/mol. The van der Waals surface area contributed by atoms with Crippen molar-refractivity contribution in [2.75, 3.05) is 20.8 Å². The van der Waals surface area contributed by atoms with Crippen LogP contribution in [0.3, 0.4) is 0 Å². The molecule has 6 nitrogen and oxygen atoms in total. The summed E-state index contributed by atoms with van der Waals surface area (Å²) in [7, 11) is 3.34. The van der Waals surface area contributed by atoms with Gasteiger partial charge in [-0.3, -0.25) is 9.59 Å². The molecule has 4 aromatic rings. The Hall–Kier alpha value is -4.03. The zero-order valence-corrected chi connectivity index (χ0v) is 23.7. The fourth-order valence-corrected chi connectivity index (χ4v) is 5.43. The predicted molar refractivity (Wildman–Crippen MR) is 159 cm³/mol. The molecule has 7 heteroatoms. The molecule has 0 aromatic heterocycles. The van der Waals surface area contributed by atoms with Crippen LogP contribution < -0.4 is 14.8 Å². The second kappa shape index (κ2) is 13.4. The summed E-state index contributed by atoms with van der Waals surface area (Å²) in [6.45, 7) is 2.26. The number of nitrogens with one attached hydrogen (secondary N) is 1. The van der Waals surface area contributed by atoms with Crippen LogP contribution >= 0.6 is 11.6 Å².